The van der Waals surface area contributed by atoms with Crippen LogP contribution >= 0.6 is 0 Å². The van der Waals surface area contributed by atoms with Crippen LogP contribution in [0.25, 0.3) is 10.8 Å². The van der Waals surface area contributed by atoms with Gasteiger partial charge in [-0.2, -0.15) is 8.42 Å². The van der Waals surface area contributed by atoms with Crippen molar-refractivity contribution in [3.63, 3.8) is 0 Å². The van der Waals surface area contributed by atoms with E-state index in [4.69, 9.17) is 0 Å². The van der Waals surface area contributed by atoms with Crippen molar-refractivity contribution in [2.75, 3.05) is 0 Å². The number of benzene rings is 3. The summed E-state index contributed by atoms with van der Waals surface area (Å²) in [5, 5.41) is 38.5. The predicted molar refractivity (Wildman–Crippen MR) is 94.4 cm³/mol. The topological polar surface area (TPSA) is 163 Å². The molecule has 11 heteroatoms. The fourth-order valence-electron chi connectivity index (χ4n) is 2.34. The Balaban J connectivity index is 2.19. The second kappa shape index (κ2) is 6.63. The molecular weight excluding hydrogens is 378 g/mol. The Bertz CT molecular complexity index is 1210. The molecule has 0 saturated heterocycles. The molecule has 0 aliphatic rings. The highest BCUT2D eigenvalue weighted by Crippen LogP contribution is 2.36. The Morgan fingerprint density at radius 2 is 1.63 bits per heavy atom. The molecule has 0 fully saturated rings. The highest BCUT2D eigenvalue weighted by molar-refractivity contribution is 7.85. The molecule has 0 atom stereocenters. The van der Waals surface area contributed by atoms with E-state index in [2.05, 4.69) is 10.2 Å². The summed E-state index contributed by atoms with van der Waals surface area (Å²) in [6.07, 6.45) is 0. The van der Waals surface area contributed by atoms with Gasteiger partial charge in [0, 0.05) is 17.5 Å². The summed E-state index contributed by atoms with van der Waals surface area (Å²) in [6.45, 7) is 0. The van der Waals surface area contributed by atoms with Crippen LogP contribution in [-0.4, -0.2) is 28.1 Å². The quantitative estimate of drug-likeness (QED) is 0.264. The van der Waals surface area contributed by atoms with Gasteiger partial charge in [0.1, 0.15) is 17.2 Å². The number of hydrogen-bond acceptors (Lipinski definition) is 8. The van der Waals surface area contributed by atoms with Crippen LogP contribution in [-0.2, 0) is 10.1 Å². The van der Waals surface area contributed by atoms with Crippen molar-refractivity contribution in [2.45, 2.75) is 4.90 Å². The number of phenols is 2. The Labute approximate surface area is 151 Å². The van der Waals surface area contributed by atoms with Crippen LogP contribution in [0.15, 0.2) is 63.7 Å². The number of non-ortho nitro benzene ring substituents is 1. The van der Waals surface area contributed by atoms with Crippen molar-refractivity contribution in [3.8, 4) is 11.5 Å². The van der Waals surface area contributed by atoms with E-state index in [1.807, 2.05) is 0 Å². The van der Waals surface area contributed by atoms with E-state index in [1.54, 1.807) is 0 Å². The van der Waals surface area contributed by atoms with Crippen LogP contribution in [0.3, 0.4) is 0 Å². The summed E-state index contributed by atoms with van der Waals surface area (Å²) in [5.74, 6) is -0.487. The summed E-state index contributed by atoms with van der Waals surface area (Å²) in [4.78, 5) is 9.71. The van der Waals surface area contributed by atoms with Crippen LogP contribution in [0.1, 0.15) is 0 Å². The van der Waals surface area contributed by atoms with E-state index >= 15 is 0 Å². The number of nitro benzene ring substituents is 1. The van der Waals surface area contributed by atoms with Crippen LogP contribution < -0.4 is 0 Å². The monoisotopic (exact) mass is 389 g/mol. The third-order valence-corrected chi connectivity index (χ3v) is 4.45. The first-order valence-corrected chi connectivity index (χ1v) is 8.72. The largest absolute Gasteiger partial charge is 0.508 e. The second-order valence-electron chi connectivity index (χ2n) is 5.45. The molecule has 0 unspecified atom stereocenters. The molecule has 3 rings (SSSR count). The summed E-state index contributed by atoms with van der Waals surface area (Å²) in [6, 6.07) is 9.41. The summed E-state index contributed by atoms with van der Waals surface area (Å²) < 4.78 is 32.2. The minimum Gasteiger partial charge on any atom is -0.508 e. The number of nitro groups is 1. The van der Waals surface area contributed by atoms with Gasteiger partial charge in [0.2, 0.25) is 0 Å². The van der Waals surface area contributed by atoms with Gasteiger partial charge in [-0.3, -0.25) is 14.7 Å². The van der Waals surface area contributed by atoms with E-state index in [0.29, 0.717) is 10.8 Å². The molecule has 0 amide bonds. The third kappa shape index (κ3) is 3.83. The lowest BCUT2D eigenvalue weighted by atomic mass is 10.1. The van der Waals surface area contributed by atoms with Gasteiger partial charge in [0.15, 0.2) is 0 Å². The zero-order chi connectivity index (χ0) is 19.8. The lowest BCUT2D eigenvalue weighted by Gasteiger charge is -2.06. The zero-order valence-electron chi connectivity index (χ0n) is 13.3. The molecule has 3 aromatic rings. The Kier molecular flexibility index (Phi) is 4.47. The van der Waals surface area contributed by atoms with E-state index in [9.17, 15) is 33.3 Å². The van der Waals surface area contributed by atoms with E-state index < -0.39 is 19.9 Å². The first kappa shape index (κ1) is 18.2. The summed E-state index contributed by atoms with van der Waals surface area (Å²) in [7, 11) is -4.54. The average molecular weight is 389 g/mol. The maximum absolute atomic E-state index is 11.5. The highest BCUT2D eigenvalue weighted by Gasteiger charge is 2.15. The average Bonchev–Trinajstić information content (AvgIpc) is 2.59. The molecule has 27 heavy (non-hydrogen) atoms. The zero-order valence-corrected chi connectivity index (χ0v) is 14.2. The standard InChI is InChI=1S/C16H11N3O7S/c20-11-3-1-9-5-12(27(24,25)26)8-14(13(9)7-11)17-18-15-6-10(19(22)23)2-4-16(15)21/h1-8,20-21H,(H,24,25,26). The number of rotatable bonds is 4. The number of fused-ring (bicyclic) bond motifs is 1. The normalized spacial score (nSPS) is 11.9. The van der Waals surface area contributed by atoms with E-state index in [1.165, 1.54) is 24.3 Å². The molecule has 0 aliphatic carbocycles. The number of hydrogen-bond donors (Lipinski definition) is 3. The molecule has 10 nitrogen and oxygen atoms in total. The number of azo groups is 1. The molecule has 0 radical (unpaired) electrons. The molecule has 0 spiro atoms. The Hall–Kier alpha value is -3.57. The molecule has 3 N–H and O–H groups in total. The predicted octanol–water partition coefficient (Wildman–Crippen LogP) is 3.82. The van der Waals surface area contributed by atoms with E-state index in [-0.39, 0.29) is 28.6 Å². The van der Waals surface area contributed by atoms with Crippen molar-refractivity contribution in [3.05, 3.63) is 58.6 Å². The fourth-order valence-corrected chi connectivity index (χ4v) is 2.88. The Morgan fingerprint density at radius 1 is 0.926 bits per heavy atom. The SMILES string of the molecule is O=[N+]([O-])c1ccc(O)c(N=Nc2cc(S(=O)(=O)O)cc3ccc(O)cc23)c1. The lowest BCUT2D eigenvalue weighted by molar-refractivity contribution is -0.384. The molecule has 0 aromatic heterocycles. The Morgan fingerprint density at radius 3 is 2.30 bits per heavy atom. The fraction of sp³-hybridized carbons (Fsp3) is 0. The van der Waals surface area contributed by atoms with Crippen molar-refractivity contribution < 1.29 is 28.1 Å². The van der Waals surface area contributed by atoms with Crippen molar-refractivity contribution in [1.29, 1.82) is 0 Å². The summed E-state index contributed by atoms with van der Waals surface area (Å²) in [5.41, 5.74) is -0.576. The third-order valence-electron chi connectivity index (χ3n) is 3.62. The van der Waals surface area contributed by atoms with Crippen molar-refractivity contribution in [1.82, 2.24) is 0 Å². The van der Waals surface area contributed by atoms with Gasteiger partial charge in [0.05, 0.1) is 15.5 Å². The van der Waals surface area contributed by atoms with Gasteiger partial charge >= 0.3 is 0 Å². The molecule has 0 bridgehead atoms. The minimum atomic E-state index is -4.54. The van der Waals surface area contributed by atoms with Crippen molar-refractivity contribution in [2.24, 2.45) is 10.2 Å². The van der Waals surface area contributed by atoms with E-state index in [0.717, 1.165) is 24.3 Å². The molecule has 0 saturated carbocycles. The maximum atomic E-state index is 11.5. The van der Waals surface area contributed by atoms with Gasteiger partial charge < -0.3 is 10.2 Å². The molecule has 0 aliphatic heterocycles. The minimum absolute atomic E-state index is 0.0399. The maximum Gasteiger partial charge on any atom is 0.294 e. The number of aromatic hydroxyl groups is 2. The summed E-state index contributed by atoms with van der Waals surface area (Å²) >= 11 is 0. The van der Waals surface area contributed by atoms with Gasteiger partial charge in [-0.15, -0.1) is 10.2 Å². The molecule has 3 aromatic carbocycles. The second-order valence-corrected chi connectivity index (χ2v) is 6.87. The van der Waals surface area contributed by atoms with Gasteiger partial charge in [0.25, 0.3) is 15.8 Å². The van der Waals surface area contributed by atoms with Crippen LogP contribution in [0.5, 0.6) is 11.5 Å². The van der Waals surface area contributed by atoms with Crippen LogP contribution in [0.4, 0.5) is 17.1 Å². The first-order valence-electron chi connectivity index (χ1n) is 7.28. The molecule has 0 heterocycles. The van der Waals surface area contributed by atoms with Gasteiger partial charge in [-0.1, -0.05) is 6.07 Å². The van der Waals surface area contributed by atoms with Gasteiger partial charge in [-0.25, -0.2) is 0 Å². The smallest absolute Gasteiger partial charge is 0.294 e. The van der Waals surface area contributed by atoms with Gasteiger partial charge in [-0.05, 0) is 35.7 Å². The van der Waals surface area contributed by atoms with Crippen molar-refractivity contribution >= 4 is 38.0 Å². The molecule has 138 valence electrons. The first-order chi connectivity index (χ1) is 12.6. The van der Waals surface area contributed by atoms with Crippen LogP contribution in [0.2, 0.25) is 0 Å². The molecular formula is C16H11N3O7S. The lowest BCUT2D eigenvalue weighted by Crippen LogP contribution is -1.97. The van der Waals surface area contributed by atoms with Crippen LogP contribution in [0, 0.1) is 10.1 Å². The highest BCUT2D eigenvalue weighted by atomic mass is 32.2. The number of nitrogens with zero attached hydrogens (tertiary/aromatic N) is 3. The number of phenolic OH excluding ortho intramolecular Hbond substituents is 2.